The van der Waals surface area contributed by atoms with E-state index in [4.69, 9.17) is 5.26 Å². The van der Waals surface area contributed by atoms with Crippen LogP contribution in [0.2, 0.25) is 0 Å². The smallest absolute Gasteiger partial charge is 0.101 e. The molecule has 12 heavy (non-hydrogen) atoms. The second-order valence-electron chi connectivity index (χ2n) is 2.38. The van der Waals surface area contributed by atoms with Gasteiger partial charge < -0.3 is 4.98 Å². The van der Waals surface area contributed by atoms with Gasteiger partial charge in [0.2, 0.25) is 0 Å². The zero-order chi connectivity index (χ0) is 8.39. The Morgan fingerprint density at radius 2 is 2.33 bits per heavy atom. The lowest BCUT2D eigenvalue weighted by Crippen LogP contribution is -1.75. The fraction of sp³-hybridized carbons (Fsp3) is 0. The summed E-state index contributed by atoms with van der Waals surface area (Å²) in [6, 6.07) is 5.66. The van der Waals surface area contributed by atoms with Crippen molar-refractivity contribution in [1.29, 1.82) is 5.26 Å². The number of H-pyrrole nitrogens is 2. The van der Waals surface area contributed by atoms with Gasteiger partial charge in [-0.25, -0.2) is 0 Å². The second kappa shape index (κ2) is 2.55. The van der Waals surface area contributed by atoms with Gasteiger partial charge in [0.25, 0.3) is 0 Å². The average molecular weight is 158 g/mol. The molecule has 2 heterocycles. The number of hydrogen-bond donors (Lipinski definition) is 2. The molecule has 0 aliphatic rings. The first-order valence-corrected chi connectivity index (χ1v) is 3.48. The highest BCUT2D eigenvalue weighted by Gasteiger charge is 2.00. The maximum atomic E-state index is 8.55. The topological polar surface area (TPSA) is 68.3 Å². The number of nitriles is 1. The zero-order valence-electron chi connectivity index (χ0n) is 6.20. The first-order chi connectivity index (χ1) is 5.90. The van der Waals surface area contributed by atoms with E-state index >= 15 is 0 Å². The SMILES string of the molecule is N#Cc1c[nH]c(-c2ccn[nH]2)c1. The Balaban J connectivity index is 2.44. The Kier molecular flexibility index (Phi) is 1.42. The zero-order valence-corrected chi connectivity index (χ0v) is 6.20. The molecule has 0 fully saturated rings. The Bertz CT molecular complexity index is 404. The van der Waals surface area contributed by atoms with Crippen molar-refractivity contribution in [3.05, 3.63) is 30.1 Å². The highest BCUT2D eigenvalue weighted by Crippen LogP contribution is 2.14. The molecule has 0 aliphatic heterocycles. The third-order valence-corrected chi connectivity index (χ3v) is 1.60. The van der Waals surface area contributed by atoms with Crippen LogP contribution >= 0.6 is 0 Å². The summed E-state index contributed by atoms with van der Waals surface area (Å²) in [6.45, 7) is 0. The molecule has 0 saturated heterocycles. The van der Waals surface area contributed by atoms with E-state index in [1.807, 2.05) is 12.1 Å². The van der Waals surface area contributed by atoms with Gasteiger partial charge in [0.05, 0.1) is 17.0 Å². The van der Waals surface area contributed by atoms with Crippen LogP contribution in [0, 0.1) is 11.3 Å². The molecule has 4 nitrogen and oxygen atoms in total. The molecule has 0 radical (unpaired) electrons. The van der Waals surface area contributed by atoms with Crippen molar-refractivity contribution in [2.75, 3.05) is 0 Å². The van der Waals surface area contributed by atoms with Crippen LogP contribution in [0.3, 0.4) is 0 Å². The molecule has 2 rings (SSSR count). The summed E-state index contributed by atoms with van der Waals surface area (Å²) in [5.74, 6) is 0. The Morgan fingerprint density at radius 1 is 1.42 bits per heavy atom. The molecule has 58 valence electrons. The molecular weight excluding hydrogens is 152 g/mol. The van der Waals surface area contributed by atoms with E-state index in [1.165, 1.54) is 0 Å². The van der Waals surface area contributed by atoms with Crippen LogP contribution in [0.15, 0.2) is 24.5 Å². The van der Waals surface area contributed by atoms with Gasteiger partial charge >= 0.3 is 0 Å². The van der Waals surface area contributed by atoms with Gasteiger partial charge in [-0.05, 0) is 12.1 Å². The molecule has 0 amide bonds. The van der Waals surface area contributed by atoms with Gasteiger partial charge in [-0.2, -0.15) is 10.4 Å². The van der Waals surface area contributed by atoms with Crippen molar-refractivity contribution in [3.8, 4) is 17.5 Å². The number of hydrogen-bond acceptors (Lipinski definition) is 2. The van der Waals surface area contributed by atoms with Crippen molar-refractivity contribution in [2.24, 2.45) is 0 Å². The van der Waals surface area contributed by atoms with Gasteiger partial charge in [-0.15, -0.1) is 0 Å². The molecule has 0 atom stereocenters. The van der Waals surface area contributed by atoms with Crippen molar-refractivity contribution >= 4 is 0 Å². The lowest BCUT2D eigenvalue weighted by molar-refractivity contribution is 1.09. The second-order valence-corrected chi connectivity index (χ2v) is 2.38. The van der Waals surface area contributed by atoms with Crippen LogP contribution in [0.1, 0.15) is 5.56 Å². The van der Waals surface area contributed by atoms with Gasteiger partial charge in [0.15, 0.2) is 0 Å². The number of nitrogens with one attached hydrogen (secondary N) is 2. The van der Waals surface area contributed by atoms with E-state index in [0.717, 1.165) is 11.4 Å². The fourth-order valence-electron chi connectivity index (χ4n) is 1.02. The minimum atomic E-state index is 0.625. The van der Waals surface area contributed by atoms with Gasteiger partial charge in [0.1, 0.15) is 6.07 Å². The summed E-state index contributed by atoms with van der Waals surface area (Å²) >= 11 is 0. The summed E-state index contributed by atoms with van der Waals surface area (Å²) in [4.78, 5) is 2.97. The molecule has 2 aromatic rings. The maximum Gasteiger partial charge on any atom is 0.101 e. The third kappa shape index (κ3) is 0.974. The van der Waals surface area contributed by atoms with E-state index in [2.05, 4.69) is 15.2 Å². The third-order valence-electron chi connectivity index (χ3n) is 1.60. The number of aromatic amines is 2. The van der Waals surface area contributed by atoms with Gasteiger partial charge in [0, 0.05) is 12.4 Å². The Morgan fingerprint density at radius 3 is 2.92 bits per heavy atom. The van der Waals surface area contributed by atoms with E-state index < -0.39 is 0 Å². The van der Waals surface area contributed by atoms with Crippen LogP contribution < -0.4 is 0 Å². The van der Waals surface area contributed by atoms with E-state index in [9.17, 15) is 0 Å². The molecule has 0 spiro atoms. The largest absolute Gasteiger partial charge is 0.359 e. The highest BCUT2D eigenvalue weighted by molar-refractivity contribution is 5.56. The molecule has 0 aliphatic carbocycles. The van der Waals surface area contributed by atoms with E-state index in [0.29, 0.717) is 5.56 Å². The number of nitrogens with zero attached hydrogens (tertiary/aromatic N) is 2. The molecule has 0 unspecified atom stereocenters. The van der Waals surface area contributed by atoms with Crippen molar-refractivity contribution in [1.82, 2.24) is 15.2 Å². The predicted octanol–water partition coefficient (Wildman–Crippen LogP) is 1.28. The first kappa shape index (κ1) is 6.68. The van der Waals surface area contributed by atoms with Crippen molar-refractivity contribution in [2.45, 2.75) is 0 Å². The van der Waals surface area contributed by atoms with E-state index in [1.54, 1.807) is 18.5 Å². The lowest BCUT2D eigenvalue weighted by atomic mass is 10.3. The quantitative estimate of drug-likeness (QED) is 0.656. The summed E-state index contributed by atoms with van der Waals surface area (Å²) in [5.41, 5.74) is 2.39. The molecule has 2 aromatic heterocycles. The summed E-state index contributed by atoms with van der Waals surface area (Å²) in [5, 5.41) is 15.2. The number of aromatic nitrogens is 3. The molecule has 0 bridgehead atoms. The monoisotopic (exact) mass is 158 g/mol. The van der Waals surface area contributed by atoms with Gasteiger partial charge in [-0.1, -0.05) is 0 Å². The van der Waals surface area contributed by atoms with Crippen LogP contribution in [0.5, 0.6) is 0 Å². The Hall–Kier alpha value is -2.02. The molecule has 2 N–H and O–H groups in total. The van der Waals surface area contributed by atoms with E-state index in [-0.39, 0.29) is 0 Å². The summed E-state index contributed by atoms with van der Waals surface area (Å²) in [7, 11) is 0. The molecule has 0 aromatic carbocycles. The lowest BCUT2D eigenvalue weighted by Gasteiger charge is -1.87. The number of rotatable bonds is 1. The minimum absolute atomic E-state index is 0.625. The van der Waals surface area contributed by atoms with Crippen molar-refractivity contribution < 1.29 is 0 Å². The Labute approximate surface area is 68.9 Å². The minimum Gasteiger partial charge on any atom is -0.359 e. The first-order valence-electron chi connectivity index (χ1n) is 3.48. The maximum absolute atomic E-state index is 8.55. The molecular formula is C8H6N4. The standard InChI is InChI=1S/C8H6N4/c9-4-6-3-8(10-5-6)7-1-2-11-12-7/h1-3,5,10H,(H,11,12). The summed E-state index contributed by atoms with van der Waals surface area (Å²) in [6.07, 6.45) is 3.33. The van der Waals surface area contributed by atoms with Gasteiger partial charge in [-0.3, -0.25) is 5.10 Å². The summed E-state index contributed by atoms with van der Waals surface area (Å²) < 4.78 is 0. The predicted molar refractivity (Wildman–Crippen MR) is 43.1 cm³/mol. The van der Waals surface area contributed by atoms with Crippen LogP contribution in [0.25, 0.3) is 11.4 Å². The van der Waals surface area contributed by atoms with Crippen molar-refractivity contribution in [3.63, 3.8) is 0 Å². The van der Waals surface area contributed by atoms with Crippen LogP contribution in [-0.4, -0.2) is 15.2 Å². The normalized spacial score (nSPS) is 9.58. The highest BCUT2D eigenvalue weighted by atomic mass is 15.1. The van der Waals surface area contributed by atoms with Crippen LogP contribution in [0.4, 0.5) is 0 Å². The van der Waals surface area contributed by atoms with Crippen LogP contribution in [-0.2, 0) is 0 Å². The fourth-order valence-corrected chi connectivity index (χ4v) is 1.02. The molecule has 4 heteroatoms. The average Bonchev–Trinajstić information content (AvgIpc) is 2.75. The molecule has 0 saturated carbocycles.